The van der Waals surface area contributed by atoms with Crippen LogP contribution in [0.15, 0.2) is 0 Å². The molecule has 0 heterocycles. The van der Waals surface area contributed by atoms with Gasteiger partial charge in [-0.1, -0.05) is 84.0 Å². The highest BCUT2D eigenvalue weighted by Gasteiger charge is 2.02. The van der Waals surface area contributed by atoms with Crippen LogP contribution in [0.25, 0.3) is 0 Å². The maximum atomic E-state index is 11.7. The fourth-order valence-corrected chi connectivity index (χ4v) is 3.55. The summed E-state index contributed by atoms with van der Waals surface area (Å²) in [5.41, 5.74) is 0. The summed E-state index contributed by atoms with van der Waals surface area (Å²) in [5, 5.41) is 12.1. The Morgan fingerprint density at radius 1 is 0.633 bits per heavy atom. The lowest BCUT2D eigenvalue weighted by Gasteiger charge is -2.06. The van der Waals surface area contributed by atoms with E-state index in [9.17, 15) is 9.59 Å². The van der Waals surface area contributed by atoms with Crippen LogP contribution in [0.4, 0.5) is 0 Å². The van der Waals surface area contributed by atoms with Gasteiger partial charge in [0.2, 0.25) is 0 Å². The van der Waals surface area contributed by atoms with Crippen LogP contribution in [0.1, 0.15) is 129 Å². The molecule has 0 unspecified atom stereocenters. The first-order valence-electron chi connectivity index (χ1n) is 12.7. The van der Waals surface area contributed by atoms with E-state index in [0.717, 1.165) is 51.6 Å². The zero-order chi connectivity index (χ0) is 22.1. The van der Waals surface area contributed by atoms with Gasteiger partial charge in [0.25, 0.3) is 0 Å². The minimum atomic E-state index is -0.685. The van der Waals surface area contributed by atoms with Crippen LogP contribution in [0.2, 0.25) is 0 Å². The monoisotopic (exact) mass is 427 g/mol. The Morgan fingerprint density at radius 3 is 1.67 bits per heavy atom. The molecule has 0 aromatic carbocycles. The Kier molecular flexibility index (Phi) is 23.3. The number of carbonyl (C=O) groups excluding carboxylic acids is 1. The fourth-order valence-electron chi connectivity index (χ4n) is 3.55. The number of nitrogens with one attached hydrogen (secondary N) is 1. The molecule has 0 saturated heterocycles. The third kappa shape index (κ3) is 24.9. The smallest absolute Gasteiger partial charge is 0.305 e. The number of rotatable bonds is 24. The molecule has 0 amide bonds. The van der Waals surface area contributed by atoms with Crippen molar-refractivity contribution < 1.29 is 19.4 Å². The number of carboxylic acid groups (broad SMARTS) is 1. The molecular formula is C25H49NO4. The summed E-state index contributed by atoms with van der Waals surface area (Å²) in [6.07, 6.45) is 20.6. The number of hydrogen-bond acceptors (Lipinski definition) is 4. The molecule has 0 rings (SSSR count). The zero-order valence-corrected chi connectivity index (χ0v) is 19.7. The first-order chi connectivity index (χ1) is 14.7. The molecule has 5 nitrogen and oxygen atoms in total. The Morgan fingerprint density at radius 2 is 1.10 bits per heavy atom. The molecule has 5 heteroatoms. The summed E-state index contributed by atoms with van der Waals surface area (Å²) in [6, 6.07) is 0. The van der Waals surface area contributed by atoms with Crippen LogP contribution in [-0.4, -0.2) is 36.7 Å². The summed E-state index contributed by atoms with van der Waals surface area (Å²) in [6.45, 7) is 4.96. The van der Waals surface area contributed by atoms with Gasteiger partial charge in [0.05, 0.1) is 6.61 Å². The molecule has 0 aliphatic heterocycles. The average molecular weight is 428 g/mol. The second-order valence-corrected chi connectivity index (χ2v) is 8.52. The van der Waals surface area contributed by atoms with E-state index in [-0.39, 0.29) is 5.97 Å². The molecule has 0 atom stereocenters. The molecule has 0 bridgehead atoms. The molecule has 0 spiro atoms. The van der Waals surface area contributed by atoms with Gasteiger partial charge in [0, 0.05) is 12.8 Å². The summed E-state index contributed by atoms with van der Waals surface area (Å²) in [5.74, 6) is -0.707. The van der Waals surface area contributed by atoms with E-state index in [2.05, 4.69) is 12.2 Å². The molecule has 0 radical (unpaired) electrons. The summed E-state index contributed by atoms with van der Waals surface area (Å²) in [7, 11) is 0. The number of carbonyl (C=O) groups is 2. The molecule has 0 fully saturated rings. The van der Waals surface area contributed by atoms with Crippen molar-refractivity contribution in [2.75, 3.05) is 19.7 Å². The molecule has 0 aromatic rings. The van der Waals surface area contributed by atoms with E-state index in [1.165, 1.54) is 70.6 Å². The van der Waals surface area contributed by atoms with Crippen LogP contribution in [0.3, 0.4) is 0 Å². The second-order valence-electron chi connectivity index (χ2n) is 8.52. The van der Waals surface area contributed by atoms with Crippen LogP contribution in [0, 0.1) is 0 Å². The standard InChI is InChI=1S/C25H49NO4/c1-2-3-4-5-6-13-18-23-30-25(29)20-15-10-8-12-17-22-26-21-16-11-7-9-14-19-24(27)28/h26H,2-23H2,1H3,(H,27,28). The zero-order valence-electron chi connectivity index (χ0n) is 19.7. The molecule has 0 aliphatic rings. The van der Waals surface area contributed by atoms with Crippen molar-refractivity contribution in [3.63, 3.8) is 0 Å². The number of ether oxygens (including phenoxy) is 1. The fraction of sp³-hybridized carbons (Fsp3) is 0.920. The van der Waals surface area contributed by atoms with Crippen molar-refractivity contribution in [1.29, 1.82) is 0 Å². The van der Waals surface area contributed by atoms with E-state index in [0.29, 0.717) is 19.4 Å². The summed E-state index contributed by atoms with van der Waals surface area (Å²) >= 11 is 0. The van der Waals surface area contributed by atoms with Crippen molar-refractivity contribution in [1.82, 2.24) is 5.32 Å². The van der Waals surface area contributed by atoms with Gasteiger partial charge in [-0.25, -0.2) is 0 Å². The van der Waals surface area contributed by atoms with E-state index in [4.69, 9.17) is 9.84 Å². The summed E-state index contributed by atoms with van der Waals surface area (Å²) < 4.78 is 5.32. The summed E-state index contributed by atoms with van der Waals surface area (Å²) in [4.78, 5) is 22.1. The predicted octanol–water partition coefficient (Wildman–Crippen LogP) is 6.64. The van der Waals surface area contributed by atoms with Crippen LogP contribution in [-0.2, 0) is 14.3 Å². The lowest BCUT2D eigenvalue weighted by molar-refractivity contribution is -0.144. The maximum absolute atomic E-state index is 11.7. The minimum Gasteiger partial charge on any atom is -0.481 e. The van der Waals surface area contributed by atoms with Gasteiger partial charge in [0.15, 0.2) is 0 Å². The largest absolute Gasteiger partial charge is 0.481 e. The number of esters is 1. The lowest BCUT2D eigenvalue weighted by Crippen LogP contribution is -2.16. The van der Waals surface area contributed by atoms with Gasteiger partial charge in [-0.2, -0.15) is 0 Å². The van der Waals surface area contributed by atoms with Crippen LogP contribution < -0.4 is 5.32 Å². The van der Waals surface area contributed by atoms with Crippen molar-refractivity contribution >= 4 is 11.9 Å². The third-order valence-electron chi connectivity index (χ3n) is 5.49. The highest BCUT2D eigenvalue weighted by Crippen LogP contribution is 2.09. The third-order valence-corrected chi connectivity index (χ3v) is 5.49. The number of carboxylic acids is 1. The van der Waals surface area contributed by atoms with Crippen LogP contribution >= 0.6 is 0 Å². The second kappa shape index (κ2) is 24.2. The molecule has 0 aliphatic carbocycles. The van der Waals surface area contributed by atoms with Gasteiger partial charge in [0.1, 0.15) is 0 Å². The van der Waals surface area contributed by atoms with Crippen molar-refractivity contribution in [2.45, 2.75) is 129 Å². The van der Waals surface area contributed by atoms with Gasteiger partial charge < -0.3 is 15.2 Å². The van der Waals surface area contributed by atoms with E-state index >= 15 is 0 Å². The Hall–Kier alpha value is -1.10. The van der Waals surface area contributed by atoms with Crippen molar-refractivity contribution in [3.8, 4) is 0 Å². The van der Waals surface area contributed by atoms with E-state index in [1.807, 2.05) is 0 Å². The highest BCUT2D eigenvalue weighted by molar-refractivity contribution is 5.69. The lowest BCUT2D eigenvalue weighted by atomic mass is 10.1. The van der Waals surface area contributed by atoms with E-state index in [1.54, 1.807) is 0 Å². The predicted molar refractivity (Wildman–Crippen MR) is 125 cm³/mol. The van der Waals surface area contributed by atoms with Crippen LogP contribution in [0.5, 0.6) is 0 Å². The Labute approximate surface area is 185 Å². The number of hydrogen-bond donors (Lipinski definition) is 2. The SMILES string of the molecule is CCCCCCCCCOC(=O)CCCCCCCNCCCCCCCC(=O)O. The Bertz CT molecular complexity index is 387. The highest BCUT2D eigenvalue weighted by atomic mass is 16.5. The molecule has 0 aromatic heterocycles. The maximum Gasteiger partial charge on any atom is 0.305 e. The first-order valence-corrected chi connectivity index (χ1v) is 12.7. The quantitative estimate of drug-likeness (QED) is 0.133. The number of aliphatic carboxylic acids is 1. The van der Waals surface area contributed by atoms with E-state index < -0.39 is 5.97 Å². The molecule has 30 heavy (non-hydrogen) atoms. The van der Waals surface area contributed by atoms with Crippen molar-refractivity contribution in [3.05, 3.63) is 0 Å². The first kappa shape index (κ1) is 28.9. The van der Waals surface area contributed by atoms with Crippen molar-refractivity contribution in [2.24, 2.45) is 0 Å². The average Bonchev–Trinajstić information content (AvgIpc) is 2.72. The number of unbranched alkanes of at least 4 members (excludes halogenated alkanes) is 14. The molecule has 178 valence electrons. The normalized spacial score (nSPS) is 11.0. The molecule has 0 saturated carbocycles. The topological polar surface area (TPSA) is 75.6 Å². The van der Waals surface area contributed by atoms with Gasteiger partial charge in [-0.05, 0) is 45.2 Å². The minimum absolute atomic E-state index is 0.0226. The molecular weight excluding hydrogens is 378 g/mol. The molecule has 2 N–H and O–H groups in total. The van der Waals surface area contributed by atoms with Gasteiger partial charge in [-0.3, -0.25) is 9.59 Å². The van der Waals surface area contributed by atoms with Gasteiger partial charge in [-0.15, -0.1) is 0 Å². The van der Waals surface area contributed by atoms with Gasteiger partial charge >= 0.3 is 11.9 Å². The Balaban J connectivity index is 3.14.